The van der Waals surface area contributed by atoms with Gasteiger partial charge in [0.1, 0.15) is 0 Å². The van der Waals surface area contributed by atoms with E-state index in [4.69, 9.17) is 9.47 Å². The number of benzene rings is 2. The minimum atomic E-state index is -0.0724. The van der Waals surface area contributed by atoms with Gasteiger partial charge in [0.25, 0.3) is 0 Å². The summed E-state index contributed by atoms with van der Waals surface area (Å²) in [5, 5.41) is 2.88. The molecule has 0 aliphatic carbocycles. The number of carbonyl (C=O) groups is 1. The van der Waals surface area contributed by atoms with E-state index < -0.39 is 0 Å². The van der Waals surface area contributed by atoms with Gasteiger partial charge in [-0.1, -0.05) is 29.8 Å². The number of likely N-dealkylation sites (N-methyl/N-ethyl adjacent to an activating group) is 1. The van der Waals surface area contributed by atoms with Crippen molar-refractivity contribution in [3.63, 3.8) is 0 Å². The predicted octanol–water partition coefficient (Wildman–Crippen LogP) is 3.08. The molecule has 0 saturated heterocycles. The lowest BCUT2D eigenvalue weighted by molar-refractivity contribution is -0.117. The number of hydrogen-bond acceptors (Lipinski definition) is 4. The highest BCUT2D eigenvalue weighted by Gasteiger charge is 2.10. The molecule has 0 bridgehead atoms. The van der Waals surface area contributed by atoms with Crippen molar-refractivity contribution in [3.05, 3.63) is 53.6 Å². The van der Waals surface area contributed by atoms with Gasteiger partial charge in [-0.25, -0.2) is 0 Å². The average Bonchev–Trinajstić information content (AvgIpc) is 2.56. The van der Waals surface area contributed by atoms with Crippen LogP contribution >= 0.6 is 0 Å². The van der Waals surface area contributed by atoms with E-state index in [0.29, 0.717) is 23.7 Å². The van der Waals surface area contributed by atoms with Crippen molar-refractivity contribution in [1.29, 1.82) is 0 Å². The van der Waals surface area contributed by atoms with Crippen molar-refractivity contribution in [2.75, 3.05) is 33.1 Å². The van der Waals surface area contributed by atoms with Gasteiger partial charge < -0.3 is 14.8 Å². The molecule has 2 aromatic carbocycles. The molecular weight excluding hydrogens is 304 g/mol. The fraction of sp³-hybridized carbons (Fsp3) is 0.316. The van der Waals surface area contributed by atoms with Gasteiger partial charge >= 0.3 is 0 Å². The highest BCUT2D eigenvalue weighted by molar-refractivity contribution is 5.92. The number of amides is 1. The third kappa shape index (κ3) is 4.99. The van der Waals surface area contributed by atoms with Crippen molar-refractivity contribution in [3.8, 4) is 11.5 Å². The summed E-state index contributed by atoms with van der Waals surface area (Å²) in [6.07, 6.45) is 0. The second-order valence-corrected chi connectivity index (χ2v) is 5.78. The fourth-order valence-electron chi connectivity index (χ4n) is 2.42. The maximum absolute atomic E-state index is 12.2. The number of carbonyl (C=O) groups excluding carboxylic acids is 1. The van der Waals surface area contributed by atoms with Crippen molar-refractivity contribution in [2.24, 2.45) is 0 Å². The van der Waals surface area contributed by atoms with Crippen LogP contribution < -0.4 is 14.8 Å². The molecule has 5 heteroatoms. The first-order valence-electron chi connectivity index (χ1n) is 7.78. The molecule has 1 N–H and O–H groups in total. The molecule has 2 rings (SSSR count). The Bertz CT molecular complexity index is 684. The van der Waals surface area contributed by atoms with Crippen molar-refractivity contribution in [1.82, 2.24) is 4.90 Å². The third-order valence-corrected chi connectivity index (χ3v) is 3.65. The Morgan fingerprint density at radius 3 is 2.33 bits per heavy atom. The molecule has 1 amide bonds. The van der Waals surface area contributed by atoms with Crippen molar-refractivity contribution < 1.29 is 14.3 Å². The number of nitrogens with zero attached hydrogens (tertiary/aromatic N) is 1. The lowest BCUT2D eigenvalue weighted by atomic mass is 10.1. The highest BCUT2D eigenvalue weighted by atomic mass is 16.5. The second-order valence-electron chi connectivity index (χ2n) is 5.78. The molecule has 128 valence electrons. The van der Waals surface area contributed by atoms with Crippen LogP contribution in [0.2, 0.25) is 0 Å². The maximum atomic E-state index is 12.2. The highest BCUT2D eigenvalue weighted by Crippen LogP contribution is 2.29. The zero-order valence-corrected chi connectivity index (χ0v) is 14.6. The summed E-state index contributed by atoms with van der Waals surface area (Å²) in [5.41, 5.74) is 3.09. The molecular formula is C19H24N2O3. The standard InChI is InChI=1S/C19H24N2O3/c1-14-5-7-15(8-6-14)12-21(2)13-19(22)20-16-9-10-17(23-3)18(11-16)24-4/h5-11H,12-13H2,1-4H3,(H,20,22). The second kappa shape index (κ2) is 8.36. The molecule has 0 unspecified atom stereocenters. The Morgan fingerprint density at radius 2 is 1.71 bits per heavy atom. The molecule has 0 heterocycles. The van der Waals surface area contributed by atoms with Crippen LogP contribution in [0.3, 0.4) is 0 Å². The predicted molar refractivity (Wildman–Crippen MR) is 95.7 cm³/mol. The largest absolute Gasteiger partial charge is 0.493 e. The van der Waals surface area contributed by atoms with Crippen LogP contribution in [0.5, 0.6) is 11.5 Å². The number of anilines is 1. The van der Waals surface area contributed by atoms with Crippen LogP contribution in [0.25, 0.3) is 0 Å². The van der Waals surface area contributed by atoms with Gasteiger partial charge in [0.05, 0.1) is 20.8 Å². The molecule has 0 atom stereocenters. The van der Waals surface area contributed by atoms with E-state index in [0.717, 1.165) is 6.54 Å². The minimum Gasteiger partial charge on any atom is -0.493 e. The Hall–Kier alpha value is -2.53. The Labute approximate surface area is 143 Å². The number of rotatable bonds is 7. The van der Waals surface area contributed by atoms with Gasteiger partial charge in [-0.3, -0.25) is 9.69 Å². The van der Waals surface area contributed by atoms with Gasteiger partial charge in [-0.2, -0.15) is 0 Å². The molecule has 0 saturated carbocycles. The van der Waals surface area contributed by atoms with Crippen LogP contribution in [0.4, 0.5) is 5.69 Å². The maximum Gasteiger partial charge on any atom is 0.238 e. The summed E-state index contributed by atoms with van der Waals surface area (Å²) >= 11 is 0. The SMILES string of the molecule is COc1ccc(NC(=O)CN(C)Cc2ccc(C)cc2)cc1OC. The molecule has 2 aromatic rings. The summed E-state index contributed by atoms with van der Waals surface area (Å²) in [6.45, 7) is 3.09. The van der Waals surface area contributed by atoms with Crippen LogP contribution in [0.15, 0.2) is 42.5 Å². The lowest BCUT2D eigenvalue weighted by Gasteiger charge is -2.17. The summed E-state index contributed by atoms with van der Waals surface area (Å²) in [6, 6.07) is 13.6. The van der Waals surface area contributed by atoms with Gasteiger partial charge in [-0.05, 0) is 31.7 Å². The average molecular weight is 328 g/mol. The van der Waals surface area contributed by atoms with E-state index in [9.17, 15) is 4.79 Å². The Balaban J connectivity index is 1.91. The fourth-order valence-corrected chi connectivity index (χ4v) is 2.42. The molecule has 0 spiro atoms. The minimum absolute atomic E-state index is 0.0724. The van der Waals surface area contributed by atoms with Crippen LogP contribution in [-0.2, 0) is 11.3 Å². The van der Waals surface area contributed by atoms with Crippen LogP contribution in [-0.4, -0.2) is 38.6 Å². The first-order chi connectivity index (χ1) is 11.5. The first kappa shape index (κ1) is 17.8. The van der Waals surface area contributed by atoms with Gasteiger partial charge in [0.15, 0.2) is 11.5 Å². The summed E-state index contributed by atoms with van der Waals surface area (Å²) in [4.78, 5) is 14.2. The van der Waals surface area contributed by atoms with Gasteiger partial charge in [0.2, 0.25) is 5.91 Å². The summed E-state index contributed by atoms with van der Waals surface area (Å²) in [5.74, 6) is 1.15. The van der Waals surface area contributed by atoms with E-state index in [1.807, 2.05) is 11.9 Å². The van der Waals surface area contributed by atoms with E-state index in [1.54, 1.807) is 32.4 Å². The molecule has 0 radical (unpaired) electrons. The number of ether oxygens (including phenoxy) is 2. The normalized spacial score (nSPS) is 10.5. The number of nitrogens with one attached hydrogen (secondary N) is 1. The van der Waals surface area contributed by atoms with Gasteiger partial charge in [-0.15, -0.1) is 0 Å². The van der Waals surface area contributed by atoms with Gasteiger partial charge in [0, 0.05) is 18.3 Å². The number of aryl methyl sites for hydroxylation is 1. The molecule has 24 heavy (non-hydrogen) atoms. The van der Waals surface area contributed by atoms with Crippen LogP contribution in [0.1, 0.15) is 11.1 Å². The van der Waals surface area contributed by atoms with E-state index in [-0.39, 0.29) is 5.91 Å². The molecule has 0 fully saturated rings. The van der Waals surface area contributed by atoms with Crippen LogP contribution in [0, 0.1) is 6.92 Å². The Kier molecular flexibility index (Phi) is 6.21. The van der Waals surface area contributed by atoms with E-state index in [2.05, 4.69) is 36.5 Å². The Morgan fingerprint density at radius 1 is 1.04 bits per heavy atom. The monoisotopic (exact) mass is 328 g/mol. The van der Waals surface area contributed by atoms with Crippen molar-refractivity contribution >= 4 is 11.6 Å². The topological polar surface area (TPSA) is 50.8 Å². The van der Waals surface area contributed by atoms with Crippen molar-refractivity contribution in [2.45, 2.75) is 13.5 Å². The summed E-state index contributed by atoms with van der Waals surface area (Å²) < 4.78 is 10.4. The molecule has 5 nitrogen and oxygen atoms in total. The molecule has 0 aliphatic heterocycles. The number of hydrogen-bond donors (Lipinski definition) is 1. The lowest BCUT2D eigenvalue weighted by Crippen LogP contribution is -2.29. The van der Waals surface area contributed by atoms with E-state index >= 15 is 0 Å². The third-order valence-electron chi connectivity index (χ3n) is 3.65. The molecule has 0 aliphatic rings. The summed E-state index contributed by atoms with van der Waals surface area (Å²) in [7, 11) is 5.07. The smallest absolute Gasteiger partial charge is 0.238 e. The number of methoxy groups -OCH3 is 2. The quantitative estimate of drug-likeness (QED) is 0.848. The zero-order chi connectivity index (χ0) is 17.5. The first-order valence-corrected chi connectivity index (χ1v) is 7.78. The van der Waals surface area contributed by atoms with E-state index in [1.165, 1.54) is 11.1 Å². The zero-order valence-electron chi connectivity index (χ0n) is 14.6. The molecule has 0 aromatic heterocycles.